The molecule has 0 saturated carbocycles. The molecule has 1 N–H and O–H groups in total. The topological polar surface area (TPSA) is 90.0 Å². The fourth-order valence-electron chi connectivity index (χ4n) is 3.36. The molecule has 1 aromatic heterocycles. The van der Waals surface area contributed by atoms with E-state index in [9.17, 15) is 14.0 Å². The minimum Gasteiger partial charge on any atom is -0.473 e. The molecule has 2 amide bonds. The van der Waals surface area contributed by atoms with E-state index in [1.54, 1.807) is 0 Å². The molecule has 164 valence electrons. The monoisotopic (exact) mass is 449 g/mol. The van der Waals surface area contributed by atoms with Crippen molar-refractivity contribution < 1.29 is 28.2 Å². The Morgan fingerprint density at radius 1 is 1.29 bits per heavy atom. The number of hydrogen-bond donors (Lipinski definition) is 1. The van der Waals surface area contributed by atoms with E-state index in [-0.39, 0.29) is 35.7 Å². The van der Waals surface area contributed by atoms with Gasteiger partial charge in [-0.1, -0.05) is 11.6 Å². The number of ether oxygens (including phenoxy) is 3. The Morgan fingerprint density at radius 3 is 2.74 bits per heavy atom. The van der Waals surface area contributed by atoms with Gasteiger partial charge < -0.3 is 19.5 Å². The molecular formula is C21H21ClFN3O5. The minimum atomic E-state index is -0.551. The summed E-state index contributed by atoms with van der Waals surface area (Å²) in [5.41, 5.74) is 0.792. The summed E-state index contributed by atoms with van der Waals surface area (Å²) in [4.78, 5) is 30.1. The number of carbonyl (C=O) groups is 2. The van der Waals surface area contributed by atoms with E-state index >= 15 is 0 Å². The fourth-order valence-corrected chi connectivity index (χ4v) is 3.57. The van der Waals surface area contributed by atoms with Gasteiger partial charge in [0.05, 0.1) is 31.9 Å². The van der Waals surface area contributed by atoms with Gasteiger partial charge in [-0.15, -0.1) is 0 Å². The summed E-state index contributed by atoms with van der Waals surface area (Å²) >= 11 is 6.24. The van der Waals surface area contributed by atoms with Crippen LogP contribution in [0.3, 0.4) is 0 Å². The Morgan fingerprint density at radius 2 is 2.03 bits per heavy atom. The standard InChI is InChI=1S/C21H21ClFN3O5/c22-18-9-13(10-25-20(18)30-16-5-7-29-8-6-16)19(27)24-11-17-12-26(21(28)31-17)15-3-1-14(23)2-4-15/h1-4,9-10,16-17H,5-8,11-12H2,(H,24,27). The van der Waals surface area contributed by atoms with Crippen LogP contribution in [0.25, 0.3) is 0 Å². The number of cyclic esters (lactones) is 1. The summed E-state index contributed by atoms with van der Waals surface area (Å²) in [5.74, 6) is -0.510. The molecule has 2 saturated heterocycles. The maximum absolute atomic E-state index is 13.1. The third kappa shape index (κ3) is 5.23. The highest BCUT2D eigenvalue weighted by atomic mass is 35.5. The van der Waals surface area contributed by atoms with Gasteiger partial charge in [0.2, 0.25) is 5.88 Å². The van der Waals surface area contributed by atoms with Gasteiger partial charge in [0.1, 0.15) is 23.0 Å². The average Bonchev–Trinajstić information content (AvgIpc) is 3.15. The Balaban J connectivity index is 1.31. The number of nitrogens with zero attached hydrogens (tertiary/aromatic N) is 2. The predicted octanol–water partition coefficient (Wildman–Crippen LogP) is 3.19. The molecule has 0 bridgehead atoms. The Labute approximate surface area is 183 Å². The third-order valence-corrected chi connectivity index (χ3v) is 5.29. The molecule has 8 nitrogen and oxygen atoms in total. The molecule has 2 aliphatic heterocycles. The predicted molar refractivity (Wildman–Crippen MR) is 110 cm³/mol. The van der Waals surface area contributed by atoms with Crippen molar-refractivity contribution in [2.45, 2.75) is 25.0 Å². The van der Waals surface area contributed by atoms with Crippen LogP contribution in [0.1, 0.15) is 23.2 Å². The highest BCUT2D eigenvalue weighted by molar-refractivity contribution is 6.32. The number of rotatable bonds is 6. The van der Waals surface area contributed by atoms with Gasteiger partial charge in [0, 0.05) is 24.7 Å². The zero-order valence-electron chi connectivity index (χ0n) is 16.6. The van der Waals surface area contributed by atoms with Gasteiger partial charge in [-0.05, 0) is 30.3 Å². The molecule has 2 fully saturated rings. The SMILES string of the molecule is O=C(NCC1CN(c2ccc(F)cc2)C(=O)O1)c1cnc(OC2CCOCC2)c(Cl)c1. The van der Waals surface area contributed by atoms with Crippen molar-refractivity contribution in [3.05, 3.63) is 52.9 Å². The third-order valence-electron chi connectivity index (χ3n) is 5.02. The molecule has 0 aliphatic carbocycles. The van der Waals surface area contributed by atoms with Crippen molar-refractivity contribution in [1.82, 2.24) is 10.3 Å². The van der Waals surface area contributed by atoms with Crippen LogP contribution in [0.4, 0.5) is 14.9 Å². The Hall–Kier alpha value is -2.91. The van der Waals surface area contributed by atoms with Crippen LogP contribution in [0, 0.1) is 5.82 Å². The molecule has 4 rings (SSSR count). The zero-order valence-corrected chi connectivity index (χ0v) is 17.3. The number of carbonyl (C=O) groups excluding carboxylic acids is 2. The second-order valence-electron chi connectivity index (χ2n) is 7.24. The van der Waals surface area contributed by atoms with Gasteiger partial charge in [-0.2, -0.15) is 0 Å². The lowest BCUT2D eigenvalue weighted by Gasteiger charge is -2.23. The van der Waals surface area contributed by atoms with Crippen LogP contribution in [0.2, 0.25) is 5.02 Å². The molecule has 1 unspecified atom stereocenters. The second kappa shape index (κ2) is 9.49. The van der Waals surface area contributed by atoms with E-state index in [0.29, 0.717) is 18.9 Å². The molecule has 2 aliphatic rings. The Bertz CT molecular complexity index is 953. The van der Waals surface area contributed by atoms with E-state index in [1.165, 1.54) is 41.4 Å². The van der Waals surface area contributed by atoms with Gasteiger partial charge in [-0.25, -0.2) is 14.2 Å². The molecule has 2 aromatic rings. The molecule has 0 radical (unpaired) electrons. The number of nitrogens with one attached hydrogen (secondary N) is 1. The summed E-state index contributed by atoms with van der Waals surface area (Å²) in [6, 6.07) is 7.02. The molecule has 0 spiro atoms. The number of amides is 2. The van der Waals surface area contributed by atoms with E-state index in [4.69, 9.17) is 25.8 Å². The number of hydrogen-bond acceptors (Lipinski definition) is 6. The van der Waals surface area contributed by atoms with E-state index in [0.717, 1.165) is 12.8 Å². The summed E-state index contributed by atoms with van der Waals surface area (Å²) in [5, 5.41) is 2.96. The van der Waals surface area contributed by atoms with E-state index < -0.39 is 23.9 Å². The number of pyridine rings is 1. The second-order valence-corrected chi connectivity index (χ2v) is 7.65. The van der Waals surface area contributed by atoms with Crippen molar-refractivity contribution in [3.63, 3.8) is 0 Å². The molecule has 3 heterocycles. The first kappa shape index (κ1) is 21.3. The van der Waals surface area contributed by atoms with Gasteiger partial charge in [0.25, 0.3) is 5.91 Å². The van der Waals surface area contributed by atoms with Crippen LogP contribution in [0.5, 0.6) is 5.88 Å². The van der Waals surface area contributed by atoms with Crippen molar-refractivity contribution in [3.8, 4) is 5.88 Å². The summed E-state index contributed by atoms with van der Waals surface area (Å²) in [6.45, 7) is 1.61. The van der Waals surface area contributed by atoms with Crippen molar-refractivity contribution in [2.24, 2.45) is 0 Å². The first-order valence-electron chi connectivity index (χ1n) is 9.91. The molecule has 1 atom stereocenters. The van der Waals surface area contributed by atoms with Crippen molar-refractivity contribution in [2.75, 3.05) is 31.2 Å². The van der Waals surface area contributed by atoms with Crippen molar-refractivity contribution >= 4 is 29.3 Å². The quantitative estimate of drug-likeness (QED) is 0.728. The number of halogens is 2. The van der Waals surface area contributed by atoms with E-state index in [2.05, 4.69) is 10.3 Å². The maximum Gasteiger partial charge on any atom is 0.414 e. The van der Waals surface area contributed by atoms with E-state index in [1.807, 2.05) is 0 Å². The molecule has 1 aromatic carbocycles. The summed E-state index contributed by atoms with van der Waals surface area (Å²) in [6.07, 6.45) is 1.80. The average molecular weight is 450 g/mol. The molecule has 10 heteroatoms. The smallest absolute Gasteiger partial charge is 0.414 e. The first-order valence-corrected chi connectivity index (χ1v) is 10.3. The lowest BCUT2D eigenvalue weighted by molar-refractivity contribution is 0.0238. The van der Waals surface area contributed by atoms with Crippen molar-refractivity contribution in [1.29, 1.82) is 0 Å². The van der Waals surface area contributed by atoms with Gasteiger partial charge in [-0.3, -0.25) is 9.69 Å². The van der Waals surface area contributed by atoms with Gasteiger partial charge in [0.15, 0.2) is 0 Å². The van der Waals surface area contributed by atoms with Crippen LogP contribution in [0.15, 0.2) is 36.5 Å². The normalized spacial score (nSPS) is 19.2. The van der Waals surface area contributed by atoms with Crippen LogP contribution in [-0.2, 0) is 9.47 Å². The fraction of sp³-hybridized carbons (Fsp3) is 0.381. The summed E-state index contributed by atoms with van der Waals surface area (Å²) < 4.78 is 29.4. The lowest BCUT2D eigenvalue weighted by Crippen LogP contribution is -2.34. The van der Waals surface area contributed by atoms with Gasteiger partial charge >= 0.3 is 6.09 Å². The maximum atomic E-state index is 13.1. The van der Waals surface area contributed by atoms with Crippen LogP contribution >= 0.6 is 11.6 Å². The largest absolute Gasteiger partial charge is 0.473 e. The number of benzene rings is 1. The zero-order chi connectivity index (χ0) is 21.8. The first-order chi connectivity index (χ1) is 15.0. The molecule has 31 heavy (non-hydrogen) atoms. The highest BCUT2D eigenvalue weighted by Crippen LogP contribution is 2.26. The summed E-state index contributed by atoms with van der Waals surface area (Å²) in [7, 11) is 0. The Kier molecular flexibility index (Phi) is 6.53. The lowest BCUT2D eigenvalue weighted by atomic mass is 10.1. The number of anilines is 1. The highest BCUT2D eigenvalue weighted by Gasteiger charge is 2.32. The van der Waals surface area contributed by atoms with Crippen LogP contribution < -0.4 is 15.0 Å². The molecular weight excluding hydrogens is 429 g/mol. The minimum absolute atomic E-state index is 0.0143. The number of aromatic nitrogens is 1. The van der Waals surface area contributed by atoms with Crippen LogP contribution in [-0.4, -0.2) is 55.5 Å².